The van der Waals surface area contributed by atoms with Crippen molar-refractivity contribution in [3.63, 3.8) is 0 Å². The summed E-state index contributed by atoms with van der Waals surface area (Å²) < 4.78 is 0. The monoisotopic (exact) mass is 368 g/mol. The first-order chi connectivity index (χ1) is 13.1. The Morgan fingerprint density at radius 2 is 2.00 bits per heavy atom. The molecule has 1 aromatic rings. The van der Waals surface area contributed by atoms with E-state index in [-0.39, 0.29) is 11.6 Å². The molecule has 3 aliphatic rings. The Labute approximate surface area is 158 Å². The Morgan fingerprint density at radius 3 is 2.78 bits per heavy atom. The molecule has 2 aliphatic heterocycles. The normalized spacial score (nSPS) is 19.8. The first-order valence-electron chi connectivity index (χ1n) is 9.23. The summed E-state index contributed by atoms with van der Waals surface area (Å²) in [4.78, 5) is 22.3. The molecule has 1 aliphatic carbocycles. The van der Waals surface area contributed by atoms with Gasteiger partial charge in [-0.3, -0.25) is 5.43 Å². The number of urea groups is 1. The van der Waals surface area contributed by atoms with Gasteiger partial charge in [-0.25, -0.2) is 9.79 Å². The molecule has 0 atom stereocenters. The molecule has 0 bridgehead atoms. The summed E-state index contributed by atoms with van der Waals surface area (Å²) >= 11 is 0. The van der Waals surface area contributed by atoms with Crippen LogP contribution in [0.5, 0.6) is 5.75 Å². The average molecular weight is 368 g/mol. The fourth-order valence-corrected chi connectivity index (χ4v) is 3.51. The Bertz CT molecular complexity index is 793. The first-order valence-corrected chi connectivity index (χ1v) is 9.23. The predicted octanol–water partition coefficient (Wildman–Crippen LogP) is 2.96. The summed E-state index contributed by atoms with van der Waals surface area (Å²) in [6.07, 6.45) is 10.7. The van der Waals surface area contributed by atoms with Crippen LogP contribution >= 0.6 is 0 Å². The van der Waals surface area contributed by atoms with Crippen molar-refractivity contribution in [2.24, 2.45) is 4.99 Å². The van der Waals surface area contributed by atoms with Gasteiger partial charge in [0.1, 0.15) is 17.7 Å². The smallest absolute Gasteiger partial charge is 0.319 e. The van der Waals surface area contributed by atoms with Crippen LogP contribution < -0.4 is 26.3 Å². The van der Waals surface area contributed by atoms with Gasteiger partial charge >= 0.3 is 6.03 Å². The van der Waals surface area contributed by atoms with E-state index in [2.05, 4.69) is 33.4 Å². The van der Waals surface area contributed by atoms with Gasteiger partial charge < -0.3 is 20.9 Å². The second-order valence-electron chi connectivity index (χ2n) is 7.25. The number of rotatable bonds is 4. The Morgan fingerprint density at radius 1 is 1.22 bits per heavy atom. The average Bonchev–Trinajstić information content (AvgIpc) is 3.13. The number of fused-ring (bicyclic) bond motifs is 1. The van der Waals surface area contributed by atoms with Crippen LogP contribution in [0.15, 0.2) is 53.1 Å². The molecule has 8 nitrogen and oxygen atoms in total. The van der Waals surface area contributed by atoms with Crippen LogP contribution in [0, 0.1) is 0 Å². The summed E-state index contributed by atoms with van der Waals surface area (Å²) in [7, 11) is 0. The summed E-state index contributed by atoms with van der Waals surface area (Å²) in [6, 6.07) is 7.07. The number of amides is 2. The number of nitrogens with one attached hydrogen (secondary N) is 4. The summed E-state index contributed by atoms with van der Waals surface area (Å²) in [5, 5.41) is 7.58. The van der Waals surface area contributed by atoms with Crippen molar-refractivity contribution in [3.8, 4) is 5.75 Å². The van der Waals surface area contributed by atoms with E-state index in [4.69, 9.17) is 4.84 Å². The fraction of sp³-hybridized carbons (Fsp3) is 0.368. The van der Waals surface area contributed by atoms with E-state index in [9.17, 15) is 4.79 Å². The zero-order valence-corrected chi connectivity index (χ0v) is 15.3. The zero-order valence-electron chi connectivity index (χ0n) is 15.3. The van der Waals surface area contributed by atoms with E-state index in [1.165, 1.54) is 19.3 Å². The number of hydrazine groups is 1. The number of carbonyl (C=O) groups is 1. The zero-order chi connectivity index (χ0) is 18.7. The molecule has 0 unspecified atom stereocenters. The fourth-order valence-electron chi connectivity index (χ4n) is 3.51. The highest BCUT2D eigenvalue weighted by atomic mass is 16.7. The van der Waals surface area contributed by atoms with Crippen LogP contribution in [0.2, 0.25) is 0 Å². The molecule has 4 rings (SSSR count). The van der Waals surface area contributed by atoms with Gasteiger partial charge in [-0.05, 0) is 44.0 Å². The number of hydrogen-bond donors (Lipinski definition) is 4. The van der Waals surface area contributed by atoms with E-state index in [0.717, 1.165) is 29.9 Å². The molecule has 2 amide bonds. The van der Waals surface area contributed by atoms with Gasteiger partial charge in [-0.2, -0.15) is 5.06 Å². The number of hydrogen-bond acceptors (Lipinski definition) is 6. The van der Waals surface area contributed by atoms with Crippen molar-refractivity contribution >= 4 is 18.1 Å². The third-order valence-electron chi connectivity index (χ3n) is 4.99. The maximum atomic E-state index is 12.3. The van der Waals surface area contributed by atoms with Crippen molar-refractivity contribution in [2.75, 3.05) is 5.32 Å². The summed E-state index contributed by atoms with van der Waals surface area (Å²) in [5.74, 6) is 0.640. The number of aliphatic imine (C=N–C) groups is 1. The molecular formula is C19H24N6O2. The van der Waals surface area contributed by atoms with Crippen molar-refractivity contribution in [1.29, 1.82) is 0 Å². The van der Waals surface area contributed by atoms with Crippen molar-refractivity contribution in [1.82, 2.24) is 21.2 Å². The molecule has 27 heavy (non-hydrogen) atoms. The second kappa shape index (κ2) is 7.22. The largest absolute Gasteiger partial charge is 0.374 e. The van der Waals surface area contributed by atoms with Crippen LogP contribution in [0.25, 0.3) is 0 Å². The third-order valence-corrected chi connectivity index (χ3v) is 4.99. The highest BCUT2D eigenvalue weighted by Crippen LogP contribution is 2.28. The van der Waals surface area contributed by atoms with Gasteiger partial charge in [0, 0.05) is 17.4 Å². The molecule has 0 saturated heterocycles. The topological polar surface area (TPSA) is 90.0 Å². The molecule has 2 heterocycles. The van der Waals surface area contributed by atoms with Gasteiger partial charge in [-0.15, -0.1) is 0 Å². The number of benzene rings is 1. The SMILES string of the molecule is CC1(NC(=O)Nc2ccc(ON3C=NC=C4NNC=C43)cc2)CCCCC1. The molecule has 0 spiro atoms. The first kappa shape index (κ1) is 17.3. The minimum atomic E-state index is -0.167. The van der Waals surface area contributed by atoms with E-state index in [1.54, 1.807) is 35.9 Å². The molecule has 0 aromatic heterocycles. The molecule has 1 saturated carbocycles. The molecule has 0 radical (unpaired) electrons. The van der Waals surface area contributed by atoms with Crippen LogP contribution in [-0.2, 0) is 0 Å². The minimum absolute atomic E-state index is 0.110. The number of carbonyl (C=O) groups excluding carboxylic acids is 1. The Balaban J connectivity index is 1.33. The molecule has 1 fully saturated rings. The van der Waals surface area contributed by atoms with Gasteiger partial charge in [-0.1, -0.05) is 19.3 Å². The van der Waals surface area contributed by atoms with Crippen molar-refractivity contribution in [3.05, 3.63) is 48.1 Å². The lowest BCUT2D eigenvalue weighted by Gasteiger charge is -2.34. The highest BCUT2D eigenvalue weighted by molar-refractivity contribution is 5.89. The molecule has 142 valence electrons. The van der Waals surface area contributed by atoms with E-state index in [1.807, 2.05) is 12.1 Å². The summed E-state index contributed by atoms with van der Waals surface area (Å²) in [5.41, 5.74) is 8.17. The number of nitrogens with zero attached hydrogens (tertiary/aromatic N) is 2. The Hall–Kier alpha value is -3.16. The quantitative estimate of drug-likeness (QED) is 0.656. The highest BCUT2D eigenvalue weighted by Gasteiger charge is 2.28. The Kier molecular flexibility index (Phi) is 4.62. The lowest BCUT2D eigenvalue weighted by atomic mass is 9.83. The van der Waals surface area contributed by atoms with Gasteiger partial charge in [0.25, 0.3) is 0 Å². The molecule has 1 aromatic carbocycles. The van der Waals surface area contributed by atoms with Crippen LogP contribution in [0.3, 0.4) is 0 Å². The van der Waals surface area contributed by atoms with Gasteiger partial charge in [0.2, 0.25) is 0 Å². The number of hydroxylamine groups is 2. The second-order valence-corrected chi connectivity index (χ2v) is 7.25. The minimum Gasteiger partial charge on any atom is -0.374 e. The van der Waals surface area contributed by atoms with E-state index >= 15 is 0 Å². The lowest BCUT2D eigenvalue weighted by molar-refractivity contribution is 0.0646. The van der Waals surface area contributed by atoms with Gasteiger partial charge in [0.05, 0.1) is 6.20 Å². The molecule has 4 N–H and O–H groups in total. The predicted molar refractivity (Wildman–Crippen MR) is 103 cm³/mol. The van der Waals surface area contributed by atoms with Gasteiger partial charge in [0.15, 0.2) is 5.75 Å². The van der Waals surface area contributed by atoms with Crippen LogP contribution in [0.4, 0.5) is 10.5 Å². The van der Waals surface area contributed by atoms with Crippen molar-refractivity contribution in [2.45, 2.75) is 44.6 Å². The maximum absolute atomic E-state index is 12.3. The third kappa shape index (κ3) is 3.99. The van der Waals surface area contributed by atoms with E-state index in [0.29, 0.717) is 5.75 Å². The molecular weight excluding hydrogens is 344 g/mol. The maximum Gasteiger partial charge on any atom is 0.319 e. The molecule has 8 heteroatoms. The van der Waals surface area contributed by atoms with Crippen LogP contribution in [0.1, 0.15) is 39.0 Å². The van der Waals surface area contributed by atoms with Crippen molar-refractivity contribution < 1.29 is 9.63 Å². The number of anilines is 1. The van der Waals surface area contributed by atoms with Crippen LogP contribution in [-0.4, -0.2) is 23.0 Å². The van der Waals surface area contributed by atoms with E-state index < -0.39 is 0 Å². The standard InChI is InChI=1S/C19H24N6O2/c1-19(9-3-2-4-10-19)23-18(26)22-14-5-7-15(8-6-14)27-25-13-20-11-16-17(25)12-21-24-16/h5-8,11-13,21,24H,2-4,9-10H2,1H3,(H2,22,23,26). The lowest BCUT2D eigenvalue weighted by Crippen LogP contribution is -2.48. The summed E-state index contributed by atoms with van der Waals surface area (Å²) in [6.45, 7) is 2.12.